The van der Waals surface area contributed by atoms with Gasteiger partial charge in [0.15, 0.2) is 0 Å². The zero-order chi connectivity index (χ0) is 21.8. The van der Waals surface area contributed by atoms with Crippen molar-refractivity contribution in [3.63, 3.8) is 0 Å². The molecule has 0 aliphatic rings. The first-order chi connectivity index (χ1) is 15.0. The number of Topliss-reactive ketones (excluding diaryl/α,β-unsaturated/α-hetero) is 1. The first-order valence-corrected chi connectivity index (χ1v) is 10.1. The van der Waals surface area contributed by atoms with Crippen molar-refractivity contribution in [2.45, 2.75) is 26.4 Å². The standard InChI is InChI=1S/C25H23N3O3/c1-16(30)10-11-24(31)26-18-12-17(15-29)13-19(14-18)27-25-20-6-2-4-8-22(20)28-23-9-5-3-7-21(23)25/h2-9,12-14,29H,10-11,15H2,1H3,(H,26,31)(H,27,28). The molecule has 6 nitrogen and oxygen atoms in total. The number of fused-ring (bicyclic) bond motifs is 2. The molecule has 0 spiro atoms. The maximum atomic E-state index is 12.2. The van der Waals surface area contributed by atoms with Crippen molar-refractivity contribution in [2.75, 3.05) is 10.6 Å². The van der Waals surface area contributed by atoms with Gasteiger partial charge in [0, 0.05) is 35.0 Å². The van der Waals surface area contributed by atoms with Crippen molar-refractivity contribution in [2.24, 2.45) is 0 Å². The molecule has 0 aliphatic heterocycles. The number of carbonyl (C=O) groups excluding carboxylic acids is 2. The maximum absolute atomic E-state index is 12.2. The van der Waals surface area contributed by atoms with Crippen LogP contribution in [0.3, 0.4) is 0 Å². The number of rotatable bonds is 7. The molecule has 4 rings (SSSR count). The molecule has 0 bridgehead atoms. The van der Waals surface area contributed by atoms with E-state index >= 15 is 0 Å². The van der Waals surface area contributed by atoms with Crippen LogP contribution in [0.5, 0.6) is 0 Å². The Kier molecular flexibility index (Phi) is 5.91. The Hall–Kier alpha value is -3.77. The molecule has 3 N–H and O–H groups in total. The zero-order valence-electron chi connectivity index (χ0n) is 17.2. The van der Waals surface area contributed by atoms with Crippen molar-refractivity contribution in [3.8, 4) is 0 Å². The summed E-state index contributed by atoms with van der Waals surface area (Å²) in [6.45, 7) is 1.30. The number of aliphatic hydroxyl groups is 1. The number of amides is 1. The third kappa shape index (κ3) is 4.70. The predicted octanol–water partition coefficient (Wildman–Crippen LogP) is 4.93. The molecule has 31 heavy (non-hydrogen) atoms. The first-order valence-electron chi connectivity index (χ1n) is 10.1. The maximum Gasteiger partial charge on any atom is 0.224 e. The Morgan fingerprint density at radius 3 is 2.10 bits per heavy atom. The van der Waals surface area contributed by atoms with Crippen LogP contribution in [0, 0.1) is 0 Å². The van der Waals surface area contributed by atoms with Gasteiger partial charge in [0.05, 0.1) is 23.3 Å². The number of ketones is 1. The predicted molar refractivity (Wildman–Crippen MR) is 123 cm³/mol. The molecule has 0 fully saturated rings. The Morgan fingerprint density at radius 2 is 1.48 bits per heavy atom. The molecule has 0 unspecified atom stereocenters. The van der Waals surface area contributed by atoms with Gasteiger partial charge in [-0.1, -0.05) is 36.4 Å². The van der Waals surface area contributed by atoms with Crippen LogP contribution in [0.2, 0.25) is 0 Å². The number of benzene rings is 3. The van der Waals surface area contributed by atoms with E-state index in [1.54, 1.807) is 6.07 Å². The summed E-state index contributed by atoms with van der Waals surface area (Å²) < 4.78 is 0. The van der Waals surface area contributed by atoms with Crippen LogP contribution in [-0.4, -0.2) is 21.8 Å². The van der Waals surface area contributed by atoms with E-state index in [1.165, 1.54) is 6.92 Å². The van der Waals surface area contributed by atoms with Crippen molar-refractivity contribution in [1.82, 2.24) is 4.98 Å². The minimum absolute atomic E-state index is 0.0296. The number of anilines is 3. The lowest BCUT2D eigenvalue weighted by molar-refractivity contribution is -0.121. The smallest absolute Gasteiger partial charge is 0.224 e. The molecule has 0 aliphatic carbocycles. The normalized spacial score (nSPS) is 10.9. The second-order valence-corrected chi connectivity index (χ2v) is 7.47. The summed E-state index contributed by atoms with van der Waals surface area (Å²) in [4.78, 5) is 28.1. The fourth-order valence-electron chi connectivity index (χ4n) is 3.56. The van der Waals surface area contributed by atoms with Crippen LogP contribution in [0.15, 0.2) is 66.7 Å². The molecule has 0 saturated heterocycles. The van der Waals surface area contributed by atoms with Crippen LogP contribution >= 0.6 is 0 Å². The van der Waals surface area contributed by atoms with Gasteiger partial charge in [-0.3, -0.25) is 4.79 Å². The molecule has 156 valence electrons. The summed E-state index contributed by atoms with van der Waals surface area (Å²) in [5.74, 6) is -0.269. The summed E-state index contributed by atoms with van der Waals surface area (Å²) in [6.07, 6.45) is 0.326. The molecule has 6 heteroatoms. The van der Waals surface area contributed by atoms with Crippen molar-refractivity contribution in [1.29, 1.82) is 0 Å². The third-order valence-corrected chi connectivity index (χ3v) is 5.02. The number of carbonyl (C=O) groups is 2. The molecule has 0 radical (unpaired) electrons. The lowest BCUT2D eigenvalue weighted by Crippen LogP contribution is -2.13. The van der Waals surface area contributed by atoms with E-state index in [1.807, 2.05) is 60.7 Å². The lowest BCUT2D eigenvalue weighted by Gasteiger charge is -2.15. The number of pyridine rings is 1. The highest BCUT2D eigenvalue weighted by molar-refractivity contribution is 6.08. The highest BCUT2D eigenvalue weighted by Crippen LogP contribution is 2.34. The highest BCUT2D eigenvalue weighted by Gasteiger charge is 2.11. The second-order valence-electron chi connectivity index (χ2n) is 7.47. The molecule has 0 atom stereocenters. The fraction of sp³-hybridized carbons (Fsp3) is 0.160. The topological polar surface area (TPSA) is 91.3 Å². The number of hydrogen-bond acceptors (Lipinski definition) is 5. The minimum Gasteiger partial charge on any atom is -0.392 e. The van der Waals surface area contributed by atoms with Crippen LogP contribution in [0.25, 0.3) is 21.8 Å². The zero-order valence-corrected chi connectivity index (χ0v) is 17.2. The van der Waals surface area contributed by atoms with Crippen LogP contribution in [0.4, 0.5) is 17.1 Å². The number of aromatic nitrogens is 1. The molecular weight excluding hydrogens is 390 g/mol. The summed E-state index contributed by atoms with van der Waals surface area (Å²) in [5.41, 5.74) is 4.61. The summed E-state index contributed by atoms with van der Waals surface area (Å²) in [5, 5.41) is 18.0. The van der Waals surface area contributed by atoms with Gasteiger partial charge in [-0.2, -0.15) is 0 Å². The third-order valence-electron chi connectivity index (χ3n) is 5.02. The average molecular weight is 413 g/mol. The van der Waals surface area contributed by atoms with Gasteiger partial charge >= 0.3 is 0 Å². The monoisotopic (exact) mass is 413 g/mol. The molecule has 1 amide bonds. The van der Waals surface area contributed by atoms with E-state index in [0.717, 1.165) is 33.2 Å². The molecular formula is C25H23N3O3. The summed E-state index contributed by atoms with van der Waals surface area (Å²) >= 11 is 0. The molecule has 1 aromatic heterocycles. The highest BCUT2D eigenvalue weighted by atomic mass is 16.3. The number of nitrogens with zero attached hydrogens (tertiary/aromatic N) is 1. The second kappa shape index (κ2) is 8.93. The van der Waals surface area contributed by atoms with E-state index in [-0.39, 0.29) is 31.1 Å². The Labute approximate surface area is 179 Å². The Morgan fingerprint density at radius 1 is 0.871 bits per heavy atom. The first kappa shape index (κ1) is 20.5. The van der Waals surface area contributed by atoms with Gasteiger partial charge in [-0.05, 0) is 42.8 Å². The van der Waals surface area contributed by atoms with E-state index in [2.05, 4.69) is 10.6 Å². The quantitative estimate of drug-likeness (QED) is 0.374. The molecule has 4 aromatic rings. The van der Waals surface area contributed by atoms with Crippen LogP contribution < -0.4 is 10.6 Å². The van der Waals surface area contributed by atoms with Crippen molar-refractivity contribution in [3.05, 3.63) is 72.3 Å². The van der Waals surface area contributed by atoms with Crippen LogP contribution in [0.1, 0.15) is 25.3 Å². The van der Waals surface area contributed by atoms with Gasteiger partial charge < -0.3 is 20.5 Å². The lowest BCUT2D eigenvalue weighted by atomic mass is 10.1. The average Bonchev–Trinajstić information content (AvgIpc) is 2.77. The van der Waals surface area contributed by atoms with Gasteiger partial charge in [-0.25, -0.2) is 4.98 Å². The Balaban J connectivity index is 1.73. The van der Waals surface area contributed by atoms with Crippen molar-refractivity contribution >= 4 is 50.6 Å². The number of para-hydroxylation sites is 2. The van der Waals surface area contributed by atoms with E-state index in [4.69, 9.17) is 4.98 Å². The number of nitrogens with one attached hydrogen (secondary N) is 2. The largest absolute Gasteiger partial charge is 0.392 e. The van der Waals surface area contributed by atoms with Gasteiger partial charge in [0.2, 0.25) is 5.91 Å². The number of hydrogen-bond donors (Lipinski definition) is 3. The molecule has 1 heterocycles. The van der Waals surface area contributed by atoms with Crippen molar-refractivity contribution < 1.29 is 14.7 Å². The number of aliphatic hydroxyl groups excluding tert-OH is 1. The van der Waals surface area contributed by atoms with Gasteiger partial charge in [0.25, 0.3) is 0 Å². The van der Waals surface area contributed by atoms with Crippen LogP contribution in [-0.2, 0) is 16.2 Å². The minimum atomic E-state index is -0.240. The molecule has 0 saturated carbocycles. The SMILES string of the molecule is CC(=O)CCC(=O)Nc1cc(CO)cc(Nc2c3ccccc3nc3ccccc23)c1. The van der Waals surface area contributed by atoms with E-state index < -0.39 is 0 Å². The van der Waals surface area contributed by atoms with E-state index in [9.17, 15) is 14.7 Å². The van der Waals surface area contributed by atoms with E-state index in [0.29, 0.717) is 11.3 Å². The summed E-state index contributed by atoms with van der Waals surface area (Å²) in [7, 11) is 0. The summed E-state index contributed by atoms with van der Waals surface area (Å²) in [6, 6.07) is 21.2. The van der Waals surface area contributed by atoms with Gasteiger partial charge in [0.1, 0.15) is 5.78 Å². The molecule has 3 aromatic carbocycles. The fourth-order valence-corrected chi connectivity index (χ4v) is 3.56. The Bertz CT molecular complexity index is 1230. The van der Waals surface area contributed by atoms with Gasteiger partial charge in [-0.15, -0.1) is 0 Å².